The number of hydrogen-bond donors (Lipinski definition) is 0. The molecular formula is C16H28O4. The Bertz CT molecular complexity index is 367. The third kappa shape index (κ3) is 7.97. The number of ether oxygens (including phenoxy) is 2. The van der Waals surface area contributed by atoms with Crippen molar-refractivity contribution in [2.45, 2.75) is 54.9 Å². The lowest BCUT2D eigenvalue weighted by Gasteiger charge is -2.17. The highest BCUT2D eigenvalue weighted by Crippen LogP contribution is 2.16. The molecule has 4 heteroatoms. The van der Waals surface area contributed by atoms with E-state index >= 15 is 0 Å². The molecule has 0 saturated heterocycles. The third-order valence-electron chi connectivity index (χ3n) is 2.60. The Morgan fingerprint density at radius 1 is 0.900 bits per heavy atom. The summed E-state index contributed by atoms with van der Waals surface area (Å²) >= 11 is 0. The second kappa shape index (κ2) is 7.46. The van der Waals surface area contributed by atoms with Crippen LogP contribution in [-0.2, 0) is 19.1 Å². The van der Waals surface area contributed by atoms with Gasteiger partial charge in [-0.1, -0.05) is 5.57 Å². The Morgan fingerprint density at radius 2 is 1.35 bits per heavy atom. The van der Waals surface area contributed by atoms with Gasteiger partial charge >= 0.3 is 11.9 Å². The van der Waals surface area contributed by atoms with Crippen molar-refractivity contribution in [2.24, 2.45) is 10.8 Å². The minimum absolute atomic E-state index is 0.204. The van der Waals surface area contributed by atoms with Crippen molar-refractivity contribution in [1.29, 1.82) is 0 Å². The van der Waals surface area contributed by atoms with E-state index in [1.807, 2.05) is 54.5 Å². The van der Waals surface area contributed by atoms with Crippen molar-refractivity contribution < 1.29 is 19.1 Å². The van der Waals surface area contributed by atoms with Gasteiger partial charge in [-0.2, -0.15) is 0 Å². The van der Waals surface area contributed by atoms with E-state index in [-0.39, 0.29) is 18.5 Å². The van der Waals surface area contributed by atoms with Gasteiger partial charge in [-0.15, -0.1) is 0 Å². The zero-order chi connectivity index (χ0) is 16.0. The average molecular weight is 284 g/mol. The maximum absolute atomic E-state index is 11.5. The van der Waals surface area contributed by atoms with Crippen LogP contribution in [0.5, 0.6) is 0 Å². The number of rotatable bonds is 5. The van der Waals surface area contributed by atoms with Crippen LogP contribution in [0.1, 0.15) is 54.9 Å². The standard InChI is InChI=1S/C16H28O4/c1-12(8-10-19-13(17)15(2,3)4)9-11-20-14(18)16(5,6)7/h8H,9-11H2,1-7H3/b12-8-. The molecule has 20 heavy (non-hydrogen) atoms. The van der Waals surface area contributed by atoms with Gasteiger partial charge < -0.3 is 9.47 Å². The van der Waals surface area contributed by atoms with Gasteiger partial charge in [0.1, 0.15) is 6.61 Å². The van der Waals surface area contributed by atoms with Crippen LogP contribution in [-0.4, -0.2) is 25.2 Å². The highest BCUT2D eigenvalue weighted by molar-refractivity contribution is 5.75. The van der Waals surface area contributed by atoms with Crippen LogP contribution in [0.2, 0.25) is 0 Å². The zero-order valence-electron chi connectivity index (χ0n) is 13.8. The summed E-state index contributed by atoms with van der Waals surface area (Å²) in [5.74, 6) is -0.426. The van der Waals surface area contributed by atoms with Crippen LogP contribution < -0.4 is 0 Å². The van der Waals surface area contributed by atoms with Crippen LogP contribution >= 0.6 is 0 Å². The number of carbonyl (C=O) groups excluding carboxylic acids is 2. The molecule has 0 aromatic rings. The molecule has 0 aliphatic heterocycles. The smallest absolute Gasteiger partial charge is 0.311 e. The molecule has 0 aliphatic rings. The highest BCUT2D eigenvalue weighted by atomic mass is 16.5. The van der Waals surface area contributed by atoms with Gasteiger partial charge in [0, 0.05) is 6.42 Å². The molecular weight excluding hydrogens is 256 g/mol. The first-order valence-electron chi connectivity index (χ1n) is 6.94. The Morgan fingerprint density at radius 3 is 1.80 bits per heavy atom. The molecule has 0 bridgehead atoms. The summed E-state index contributed by atoms with van der Waals surface area (Å²) in [5, 5.41) is 0. The third-order valence-corrected chi connectivity index (χ3v) is 2.60. The second-order valence-electron chi connectivity index (χ2n) is 7.03. The van der Waals surface area contributed by atoms with Crippen molar-refractivity contribution in [3.05, 3.63) is 11.6 Å². The summed E-state index contributed by atoms with van der Waals surface area (Å²) in [5.41, 5.74) is 0.0811. The molecule has 0 heterocycles. The number of carbonyl (C=O) groups is 2. The summed E-state index contributed by atoms with van der Waals surface area (Å²) in [6.45, 7) is 13.5. The highest BCUT2D eigenvalue weighted by Gasteiger charge is 2.23. The molecule has 116 valence electrons. The van der Waals surface area contributed by atoms with E-state index in [1.165, 1.54) is 0 Å². The molecule has 0 amide bonds. The van der Waals surface area contributed by atoms with Gasteiger partial charge in [0.25, 0.3) is 0 Å². The fourth-order valence-electron chi connectivity index (χ4n) is 1.10. The minimum atomic E-state index is -0.482. The molecule has 0 N–H and O–H groups in total. The first-order valence-corrected chi connectivity index (χ1v) is 6.94. The average Bonchev–Trinajstić information content (AvgIpc) is 2.26. The monoisotopic (exact) mass is 284 g/mol. The van der Waals surface area contributed by atoms with Crippen LogP contribution in [0.15, 0.2) is 11.6 Å². The Labute approximate surface area is 122 Å². The van der Waals surface area contributed by atoms with Crippen LogP contribution in [0.4, 0.5) is 0 Å². The molecule has 0 spiro atoms. The lowest BCUT2D eigenvalue weighted by atomic mass is 9.97. The topological polar surface area (TPSA) is 52.6 Å². The molecule has 0 atom stereocenters. The first kappa shape index (κ1) is 18.7. The fourth-order valence-corrected chi connectivity index (χ4v) is 1.10. The molecule has 0 aromatic heterocycles. The summed E-state index contributed by atoms with van der Waals surface area (Å²) in [4.78, 5) is 23.1. The Balaban J connectivity index is 4.00. The van der Waals surface area contributed by atoms with Crippen molar-refractivity contribution in [3.63, 3.8) is 0 Å². The van der Waals surface area contributed by atoms with E-state index in [4.69, 9.17) is 9.47 Å². The van der Waals surface area contributed by atoms with Gasteiger partial charge in [-0.05, 0) is 54.5 Å². The van der Waals surface area contributed by atoms with E-state index in [0.717, 1.165) is 5.57 Å². The van der Waals surface area contributed by atoms with Crippen LogP contribution in [0.25, 0.3) is 0 Å². The predicted octanol–water partition coefficient (Wildman–Crippen LogP) is 3.50. The molecule has 4 nitrogen and oxygen atoms in total. The van der Waals surface area contributed by atoms with Gasteiger partial charge in [-0.3, -0.25) is 9.59 Å². The number of hydrogen-bond acceptors (Lipinski definition) is 4. The van der Waals surface area contributed by atoms with Gasteiger partial charge in [-0.25, -0.2) is 0 Å². The van der Waals surface area contributed by atoms with Crippen molar-refractivity contribution >= 4 is 11.9 Å². The van der Waals surface area contributed by atoms with E-state index < -0.39 is 10.8 Å². The number of esters is 2. The van der Waals surface area contributed by atoms with Crippen molar-refractivity contribution in [2.75, 3.05) is 13.2 Å². The van der Waals surface area contributed by atoms with Gasteiger partial charge in [0.05, 0.1) is 17.4 Å². The lowest BCUT2D eigenvalue weighted by Crippen LogP contribution is -2.23. The van der Waals surface area contributed by atoms with Crippen molar-refractivity contribution in [3.8, 4) is 0 Å². The molecule has 0 fully saturated rings. The quantitative estimate of drug-likeness (QED) is 0.572. The molecule has 0 aromatic carbocycles. The molecule has 0 saturated carbocycles. The Kier molecular flexibility index (Phi) is 6.97. The summed E-state index contributed by atoms with van der Waals surface area (Å²) in [7, 11) is 0. The lowest BCUT2D eigenvalue weighted by molar-refractivity contribution is -0.153. The second-order valence-corrected chi connectivity index (χ2v) is 7.03. The predicted molar refractivity (Wildman–Crippen MR) is 79.2 cm³/mol. The zero-order valence-corrected chi connectivity index (χ0v) is 13.8. The molecule has 0 aliphatic carbocycles. The van der Waals surface area contributed by atoms with Crippen LogP contribution in [0.3, 0.4) is 0 Å². The SMILES string of the molecule is C/C(=C/COC(=O)C(C)(C)C)CCOC(=O)C(C)(C)C. The normalized spacial score (nSPS) is 13.1. The summed E-state index contributed by atoms with van der Waals surface area (Å²) in [6.07, 6.45) is 2.49. The summed E-state index contributed by atoms with van der Waals surface area (Å²) < 4.78 is 10.3. The fraction of sp³-hybridized carbons (Fsp3) is 0.750. The van der Waals surface area contributed by atoms with E-state index in [1.54, 1.807) is 0 Å². The first-order chi connectivity index (χ1) is 8.94. The largest absolute Gasteiger partial charge is 0.465 e. The molecule has 0 unspecified atom stereocenters. The maximum Gasteiger partial charge on any atom is 0.311 e. The van der Waals surface area contributed by atoms with E-state index in [9.17, 15) is 9.59 Å². The van der Waals surface area contributed by atoms with E-state index in [2.05, 4.69) is 0 Å². The minimum Gasteiger partial charge on any atom is -0.465 e. The Hall–Kier alpha value is -1.32. The molecule has 0 radical (unpaired) electrons. The van der Waals surface area contributed by atoms with E-state index in [0.29, 0.717) is 13.0 Å². The van der Waals surface area contributed by atoms with Crippen LogP contribution in [0, 0.1) is 10.8 Å². The van der Waals surface area contributed by atoms with Gasteiger partial charge in [0.2, 0.25) is 0 Å². The van der Waals surface area contributed by atoms with Gasteiger partial charge in [0.15, 0.2) is 0 Å². The maximum atomic E-state index is 11.5. The molecule has 0 rings (SSSR count). The van der Waals surface area contributed by atoms with Crippen molar-refractivity contribution in [1.82, 2.24) is 0 Å². The summed E-state index contributed by atoms with van der Waals surface area (Å²) in [6, 6.07) is 0.